The number of amides is 2. The van der Waals surface area contributed by atoms with Gasteiger partial charge >= 0.3 is 0 Å². The van der Waals surface area contributed by atoms with E-state index in [-0.39, 0.29) is 17.6 Å². The summed E-state index contributed by atoms with van der Waals surface area (Å²) in [6.07, 6.45) is 1.64. The van der Waals surface area contributed by atoms with Crippen molar-refractivity contribution < 1.29 is 14.3 Å². The maximum atomic E-state index is 12.4. The minimum atomic E-state index is -0.199. The van der Waals surface area contributed by atoms with E-state index in [1.165, 1.54) is 34.4 Å². The minimum absolute atomic E-state index is 0.123. The molecule has 7 nitrogen and oxygen atoms in total. The van der Waals surface area contributed by atoms with Crippen LogP contribution < -0.4 is 15.4 Å². The molecule has 4 aromatic rings. The van der Waals surface area contributed by atoms with Crippen molar-refractivity contribution in [3.8, 4) is 5.75 Å². The first kappa shape index (κ1) is 20.3. The molecule has 0 saturated heterocycles. The van der Waals surface area contributed by atoms with Gasteiger partial charge in [-0.2, -0.15) is 0 Å². The van der Waals surface area contributed by atoms with Crippen molar-refractivity contribution in [2.45, 2.75) is 4.34 Å². The number of anilines is 2. The molecule has 2 amide bonds. The number of thioether (sulfide) groups is 1. The van der Waals surface area contributed by atoms with Gasteiger partial charge in [0.2, 0.25) is 5.91 Å². The van der Waals surface area contributed by atoms with Crippen molar-refractivity contribution in [2.24, 2.45) is 0 Å². The van der Waals surface area contributed by atoms with Crippen LogP contribution in [0.1, 0.15) is 10.4 Å². The van der Waals surface area contributed by atoms with E-state index in [2.05, 4.69) is 20.6 Å². The van der Waals surface area contributed by atoms with Crippen LogP contribution in [0.15, 0.2) is 58.4 Å². The fourth-order valence-corrected chi connectivity index (χ4v) is 5.01. The highest BCUT2D eigenvalue weighted by atomic mass is 32.2. The van der Waals surface area contributed by atoms with Gasteiger partial charge in [-0.15, -0.1) is 22.7 Å². The predicted molar refractivity (Wildman–Crippen MR) is 122 cm³/mol. The molecule has 0 unspecified atom stereocenters. The molecular weight excluding hydrogens is 440 g/mol. The Balaban J connectivity index is 1.39. The summed E-state index contributed by atoms with van der Waals surface area (Å²) >= 11 is 4.23. The summed E-state index contributed by atoms with van der Waals surface area (Å²) in [4.78, 5) is 33.0. The number of rotatable bonds is 7. The molecule has 0 saturated carbocycles. The number of hydrogen-bond donors (Lipinski definition) is 2. The van der Waals surface area contributed by atoms with E-state index in [1.807, 2.05) is 18.2 Å². The summed E-state index contributed by atoms with van der Waals surface area (Å²) in [6, 6.07) is 12.5. The maximum absolute atomic E-state index is 12.4. The summed E-state index contributed by atoms with van der Waals surface area (Å²) < 4.78 is 6.84. The minimum Gasteiger partial charge on any atom is -0.497 e. The van der Waals surface area contributed by atoms with Gasteiger partial charge in [-0.25, -0.2) is 9.97 Å². The second kappa shape index (κ2) is 9.24. The van der Waals surface area contributed by atoms with Crippen molar-refractivity contribution >= 4 is 67.3 Å². The number of carbonyl (C=O) groups is 2. The second-order valence-electron chi connectivity index (χ2n) is 6.02. The number of carbonyl (C=O) groups excluding carboxylic acids is 2. The largest absolute Gasteiger partial charge is 0.497 e. The van der Waals surface area contributed by atoms with E-state index in [9.17, 15) is 9.59 Å². The lowest BCUT2D eigenvalue weighted by Gasteiger charge is -2.06. The lowest BCUT2D eigenvalue weighted by molar-refractivity contribution is -0.113. The van der Waals surface area contributed by atoms with E-state index < -0.39 is 0 Å². The van der Waals surface area contributed by atoms with Gasteiger partial charge in [-0.1, -0.05) is 11.8 Å². The van der Waals surface area contributed by atoms with E-state index >= 15 is 0 Å². The predicted octanol–water partition coefficient (Wildman–Crippen LogP) is 4.74. The van der Waals surface area contributed by atoms with Crippen LogP contribution in [-0.2, 0) is 4.79 Å². The van der Waals surface area contributed by atoms with Gasteiger partial charge in [0.15, 0.2) is 9.47 Å². The Morgan fingerprint density at radius 2 is 1.97 bits per heavy atom. The molecule has 0 bridgehead atoms. The van der Waals surface area contributed by atoms with Crippen LogP contribution in [-0.4, -0.2) is 34.6 Å². The second-order valence-corrected chi connectivity index (χ2v) is 9.17. The highest BCUT2D eigenvalue weighted by molar-refractivity contribution is 8.01. The van der Waals surface area contributed by atoms with Crippen LogP contribution in [0.2, 0.25) is 0 Å². The Bertz CT molecular complexity index is 1170. The van der Waals surface area contributed by atoms with Gasteiger partial charge in [-0.3, -0.25) is 9.59 Å². The number of methoxy groups -OCH3 is 1. The molecule has 2 heterocycles. The molecule has 2 aromatic carbocycles. The fraction of sp³-hybridized carbons (Fsp3) is 0.100. The Morgan fingerprint density at radius 3 is 2.70 bits per heavy atom. The molecule has 152 valence electrons. The lowest BCUT2D eigenvalue weighted by Crippen LogP contribution is -2.13. The molecule has 2 N–H and O–H groups in total. The molecule has 0 spiro atoms. The molecular formula is C20H16N4O3S3. The topological polar surface area (TPSA) is 93.2 Å². The van der Waals surface area contributed by atoms with Crippen molar-refractivity contribution in [3.63, 3.8) is 0 Å². The molecule has 2 aromatic heterocycles. The monoisotopic (exact) mass is 456 g/mol. The first-order chi connectivity index (χ1) is 14.6. The number of aromatic nitrogens is 2. The van der Waals surface area contributed by atoms with Crippen LogP contribution in [0.25, 0.3) is 10.2 Å². The zero-order valence-electron chi connectivity index (χ0n) is 15.7. The Labute approximate surface area is 184 Å². The van der Waals surface area contributed by atoms with Gasteiger partial charge in [0.1, 0.15) is 5.75 Å². The zero-order chi connectivity index (χ0) is 20.9. The molecule has 0 fully saturated rings. The molecule has 4 rings (SSSR count). The van der Waals surface area contributed by atoms with Crippen molar-refractivity contribution in [3.05, 3.63) is 59.6 Å². The Morgan fingerprint density at radius 1 is 1.13 bits per heavy atom. The van der Waals surface area contributed by atoms with E-state index in [4.69, 9.17) is 4.74 Å². The summed E-state index contributed by atoms with van der Waals surface area (Å²) in [5.74, 6) is 0.625. The third-order valence-corrected chi connectivity index (χ3v) is 6.83. The number of nitrogens with one attached hydrogen (secondary N) is 2. The molecule has 0 aliphatic heterocycles. The molecule has 0 atom stereocenters. The SMILES string of the molecule is COc1ccc(C(=O)Nc2ccc3nc(SCC(=O)Nc4nccs4)sc3c2)cc1. The van der Waals surface area contributed by atoms with Crippen LogP contribution in [0.3, 0.4) is 0 Å². The molecule has 10 heteroatoms. The maximum Gasteiger partial charge on any atom is 0.255 e. The summed E-state index contributed by atoms with van der Waals surface area (Å²) in [5, 5.41) is 8.04. The number of thiazole rings is 2. The number of fused-ring (bicyclic) bond motifs is 1. The average molecular weight is 457 g/mol. The number of benzene rings is 2. The smallest absolute Gasteiger partial charge is 0.255 e. The summed E-state index contributed by atoms with van der Waals surface area (Å²) in [7, 11) is 1.58. The average Bonchev–Trinajstić information content (AvgIpc) is 3.41. The lowest BCUT2D eigenvalue weighted by atomic mass is 10.2. The van der Waals surface area contributed by atoms with Crippen LogP contribution in [0.4, 0.5) is 10.8 Å². The normalized spacial score (nSPS) is 10.7. The molecule has 0 aliphatic carbocycles. The number of hydrogen-bond acceptors (Lipinski definition) is 8. The number of ether oxygens (including phenoxy) is 1. The highest BCUT2D eigenvalue weighted by Gasteiger charge is 2.11. The van der Waals surface area contributed by atoms with Gasteiger partial charge in [-0.05, 0) is 42.5 Å². The molecule has 0 radical (unpaired) electrons. The third-order valence-electron chi connectivity index (χ3n) is 3.98. The van der Waals surface area contributed by atoms with E-state index in [1.54, 1.807) is 43.0 Å². The van der Waals surface area contributed by atoms with Crippen molar-refractivity contribution in [1.29, 1.82) is 0 Å². The molecule has 0 aliphatic rings. The quantitative estimate of drug-likeness (QED) is 0.390. The fourth-order valence-electron chi connectivity index (χ4n) is 2.56. The Kier molecular flexibility index (Phi) is 6.26. The number of nitrogens with zero attached hydrogens (tertiary/aromatic N) is 2. The van der Waals surface area contributed by atoms with E-state index in [0.717, 1.165) is 14.6 Å². The van der Waals surface area contributed by atoms with Gasteiger partial charge in [0, 0.05) is 22.8 Å². The molecule has 30 heavy (non-hydrogen) atoms. The van der Waals surface area contributed by atoms with Crippen molar-refractivity contribution in [1.82, 2.24) is 9.97 Å². The van der Waals surface area contributed by atoms with Gasteiger partial charge in [0.05, 0.1) is 23.1 Å². The summed E-state index contributed by atoms with van der Waals surface area (Å²) in [6.45, 7) is 0. The van der Waals surface area contributed by atoms with Crippen molar-refractivity contribution in [2.75, 3.05) is 23.5 Å². The first-order valence-electron chi connectivity index (χ1n) is 8.79. The van der Waals surface area contributed by atoms with Gasteiger partial charge < -0.3 is 15.4 Å². The standard InChI is InChI=1S/C20H16N4O3S3/c1-27-14-5-2-12(3-6-14)18(26)22-13-4-7-15-16(10-13)30-20(23-15)29-11-17(25)24-19-21-8-9-28-19/h2-10H,11H2,1H3,(H,22,26)(H,21,24,25). The zero-order valence-corrected chi connectivity index (χ0v) is 18.2. The van der Waals surface area contributed by atoms with Gasteiger partial charge in [0.25, 0.3) is 5.91 Å². The third kappa shape index (κ3) is 4.96. The Hall–Kier alpha value is -2.95. The van der Waals surface area contributed by atoms with Crippen LogP contribution in [0.5, 0.6) is 5.75 Å². The highest BCUT2D eigenvalue weighted by Crippen LogP contribution is 2.31. The van der Waals surface area contributed by atoms with Crippen LogP contribution in [0, 0.1) is 0 Å². The summed E-state index contributed by atoms with van der Waals surface area (Å²) in [5.41, 5.74) is 2.05. The van der Waals surface area contributed by atoms with Crippen LogP contribution >= 0.6 is 34.4 Å². The van der Waals surface area contributed by atoms with E-state index in [0.29, 0.717) is 22.1 Å². The first-order valence-corrected chi connectivity index (χ1v) is 11.5.